The molecular weight excluding hydrogens is 308 g/mol. The minimum Gasteiger partial charge on any atom is -0.330 e. The maximum Gasteiger partial charge on any atom is 0.175 e. The van der Waals surface area contributed by atoms with Crippen molar-refractivity contribution in [3.05, 3.63) is 24.3 Å². The van der Waals surface area contributed by atoms with Crippen molar-refractivity contribution in [1.29, 1.82) is 0 Å². The van der Waals surface area contributed by atoms with Gasteiger partial charge in [0, 0.05) is 19.3 Å². The Morgan fingerprint density at radius 1 is 1.22 bits per heavy atom. The maximum atomic E-state index is 5.41. The van der Waals surface area contributed by atoms with Gasteiger partial charge in [0.2, 0.25) is 0 Å². The van der Waals surface area contributed by atoms with Crippen LogP contribution in [0.3, 0.4) is 0 Å². The number of rotatable bonds is 7. The van der Waals surface area contributed by atoms with Crippen molar-refractivity contribution < 1.29 is 0 Å². The number of nitrogens with one attached hydrogen (secondary N) is 2. The summed E-state index contributed by atoms with van der Waals surface area (Å²) in [5, 5.41) is 15.7. The molecule has 0 amide bonds. The second kappa shape index (κ2) is 8.10. The Labute approximate surface area is 143 Å². The molecule has 2 rings (SSSR count). The van der Waals surface area contributed by atoms with Crippen molar-refractivity contribution >= 4 is 28.7 Å². The normalized spacial score (nSPS) is 11.0. The van der Waals surface area contributed by atoms with Crippen LogP contribution in [-0.2, 0) is 13.1 Å². The molecule has 0 bridgehead atoms. The lowest BCUT2D eigenvalue weighted by Crippen LogP contribution is -2.20. The van der Waals surface area contributed by atoms with Gasteiger partial charge in [-0.2, -0.15) is 10.2 Å². The predicted octanol–water partition coefficient (Wildman–Crippen LogP) is 3.83. The molecule has 0 atom stereocenters. The maximum absolute atomic E-state index is 5.41. The van der Waals surface area contributed by atoms with Gasteiger partial charge in [-0.3, -0.25) is 9.36 Å². The van der Waals surface area contributed by atoms with Gasteiger partial charge in [-0.1, -0.05) is 27.2 Å². The van der Waals surface area contributed by atoms with Gasteiger partial charge in [0.05, 0.1) is 29.5 Å². The van der Waals surface area contributed by atoms with Crippen LogP contribution in [0.25, 0.3) is 0 Å². The van der Waals surface area contributed by atoms with Crippen molar-refractivity contribution in [3.8, 4) is 0 Å². The molecule has 2 aromatic heterocycles. The van der Waals surface area contributed by atoms with E-state index in [1.165, 1.54) is 5.69 Å². The largest absolute Gasteiger partial charge is 0.330 e. The van der Waals surface area contributed by atoms with E-state index in [0.717, 1.165) is 37.3 Å². The minimum atomic E-state index is 0.377. The second-order valence-electron chi connectivity index (χ2n) is 5.84. The molecule has 0 spiro atoms. The zero-order chi connectivity index (χ0) is 16.8. The van der Waals surface area contributed by atoms with Crippen molar-refractivity contribution in [2.45, 2.75) is 59.5 Å². The van der Waals surface area contributed by atoms with E-state index in [2.05, 4.69) is 46.3 Å². The summed E-state index contributed by atoms with van der Waals surface area (Å²) in [7, 11) is 0. The standard InChI is InChI=1S/C16H26N6S/c1-5-7-8-22-15(12(3)4)14(10-18-22)20-16(23)19-13-9-17-21(6-2)11-13/h9-12H,5-8H2,1-4H3,(H2,19,20,23). The summed E-state index contributed by atoms with van der Waals surface area (Å²) >= 11 is 5.41. The predicted molar refractivity (Wildman–Crippen MR) is 99.0 cm³/mol. The number of aromatic nitrogens is 4. The van der Waals surface area contributed by atoms with Gasteiger partial charge in [-0.25, -0.2) is 0 Å². The molecule has 0 aliphatic heterocycles. The number of thiocarbonyl (C=S) groups is 1. The Balaban J connectivity index is 2.06. The molecule has 0 aliphatic carbocycles. The molecule has 7 heteroatoms. The SMILES string of the molecule is CCCCn1ncc(NC(=S)Nc2cnn(CC)c2)c1C(C)C. The molecule has 23 heavy (non-hydrogen) atoms. The van der Waals surface area contributed by atoms with E-state index >= 15 is 0 Å². The van der Waals surface area contributed by atoms with Gasteiger partial charge in [0.15, 0.2) is 5.11 Å². The number of unbranched alkanes of at least 4 members (excludes halogenated alkanes) is 1. The molecule has 2 aromatic rings. The zero-order valence-electron chi connectivity index (χ0n) is 14.3. The van der Waals surface area contributed by atoms with E-state index in [9.17, 15) is 0 Å². The van der Waals surface area contributed by atoms with Crippen molar-refractivity contribution in [1.82, 2.24) is 19.6 Å². The summed E-state index contributed by atoms with van der Waals surface area (Å²) in [5.74, 6) is 0.377. The van der Waals surface area contributed by atoms with Crippen LogP contribution in [0, 0.1) is 0 Å². The van der Waals surface area contributed by atoms with E-state index in [4.69, 9.17) is 12.2 Å². The lowest BCUT2D eigenvalue weighted by atomic mass is 10.1. The third kappa shape index (κ3) is 4.54. The van der Waals surface area contributed by atoms with Crippen LogP contribution >= 0.6 is 12.2 Å². The number of nitrogens with zero attached hydrogens (tertiary/aromatic N) is 4. The van der Waals surface area contributed by atoms with E-state index in [1.54, 1.807) is 6.20 Å². The molecule has 6 nitrogen and oxygen atoms in total. The first-order valence-electron chi connectivity index (χ1n) is 8.21. The van der Waals surface area contributed by atoms with Gasteiger partial charge in [0.1, 0.15) is 0 Å². The molecule has 0 unspecified atom stereocenters. The van der Waals surface area contributed by atoms with Crippen LogP contribution in [0.4, 0.5) is 11.4 Å². The molecule has 0 saturated heterocycles. The molecule has 0 aliphatic rings. The summed E-state index contributed by atoms with van der Waals surface area (Å²) < 4.78 is 3.93. The van der Waals surface area contributed by atoms with E-state index < -0.39 is 0 Å². The second-order valence-corrected chi connectivity index (χ2v) is 6.25. The van der Waals surface area contributed by atoms with Gasteiger partial charge < -0.3 is 10.6 Å². The monoisotopic (exact) mass is 334 g/mol. The molecule has 0 saturated carbocycles. The van der Waals surface area contributed by atoms with Gasteiger partial charge in [0.25, 0.3) is 0 Å². The third-order valence-electron chi connectivity index (χ3n) is 3.61. The Bertz CT molecular complexity index is 643. The zero-order valence-corrected chi connectivity index (χ0v) is 15.2. The highest BCUT2D eigenvalue weighted by atomic mass is 32.1. The van der Waals surface area contributed by atoms with Crippen molar-refractivity contribution in [2.75, 3.05) is 10.6 Å². The highest BCUT2D eigenvalue weighted by Gasteiger charge is 2.15. The van der Waals surface area contributed by atoms with Crippen LogP contribution in [-0.4, -0.2) is 24.7 Å². The molecule has 0 fully saturated rings. The van der Waals surface area contributed by atoms with Gasteiger partial charge >= 0.3 is 0 Å². The Hall–Kier alpha value is -1.89. The quantitative estimate of drug-likeness (QED) is 0.754. The fraction of sp³-hybridized carbons (Fsp3) is 0.562. The third-order valence-corrected chi connectivity index (χ3v) is 3.82. The Morgan fingerprint density at radius 3 is 2.61 bits per heavy atom. The first kappa shape index (κ1) is 17.5. The summed E-state index contributed by atoms with van der Waals surface area (Å²) in [6, 6.07) is 0. The lowest BCUT2D eigenvalue weighted by Gasteiger charge is -2.14. The van der Waals surface area contributed by atoms with E-state index in [1.807, 2.05) is 24.0 Å². The van der Waals surface area contributed by atoms with Crippen LogP contribution in [0.1, 0.15) is 52.1 Å². The Morgan fingerprint density at radius 2 is 2.00 bits per heavy atom. The minimum absolute atomic E-state index is 0.377. The van der Waals surface area contributed by atoms with Crippen LogP contribution < -0.4 is 10.6 Å². The average Bonchev–Trinajstić information content (AvgIpc) is 3.11. The molecule has 0 aromatic carbocycles. The van der Waals surface area contributed by atoms with Crippen molar-refractivity contribution in [2.24, 2.45) is 0 Å². The van der Waals surface area contributed by atoms with Gasteiger partial charge in [-0.05, 0) is 31.5 Å². The highest BCUT2D eigenvalue weighted by molar-refractivity contribution is 7.80. The molecule has 2 N–H and O–H groups in total. The van der Waals surface area contributed by atoms with Gasteiger partial charge in [-0.15, -0.1) is 0 Å². The summed E-state index contributed by atoms with van der Waals surface area (Å²) in [4.78, 5) is 0. The number of aryl methyl sites for hydroxylation is 2. The first-order valence-corrected chi connectivity index (χ1v) is 8.62. The first-order chi connectivity index (χ1) is 11.0. The molecule has 0 radical (unpaired) electrons. The number of hydrogen-bond donors (Lipinski definition) is 2. The fourth-order valence-electron chi connectivity index (χ4n) is 2.47. The van der Waals surface area contributed by atoms with Crippen LogP contribution in [0.15, 0.2) is 18.6 Å². The smallest absolute Gasteiger partial charge is 0.175 e. The fourth-order valence-corrected chi connectivity index (χ4v) is 2.70. The van der Waals surface area contributed by atoms with E-state index in [-0.39, 0.29) is 0 Å². The van der Waals surface area contributed by atoms with Crippen LogP contribution in [0.5, 0.6) is 0 Å². The summed E-state index contributed by atoms with van der Waals surface area (Å²) in [5.41, 5.74) is 3.04. The summed E-state index contributed by atoms with van der Waals surface area (Å²) in [6.07, 6.45) is 7.84. The Kier molecular flexibility index (Phi) is 6.15. The van der Waals surface area contributed by atoms with Crippen molar-refractivity contribution in [3.63, 3.8) is 0 Å². The topological polar surface area (TPSA) is 59.7 Å². The molecule has 2 heterocycles. The number of anilines is 2. The highest BCUT2D eigenvalue weighted by Crippen LogP contribution is 2.24. The molecular formula is C16H26N6S. The van der Waals surface area contributed by atoms with Crippen LogP contribution in [0.2, 0.25) is 0 Å². The average molecular weight is 334 g/mol. The summed E-state index contributed by atoms with van der Waals surface area (Å²) in [6.45, 7) is 10.4. The van der Waals surface area contributed by atoms with E-state index in [0.29, 0.717) is 11.0 Å². The number of hydrogen-bond acceptors (Lipinski definition) is 3. The molecule has 126 valence electrons. The lowest BCUT2D eigenvalue weighted by molar-refractivity contribution is 0.536.